The van der Waals surface area contributed by atoms with Gasteiger partial charge in [0.05, 0.1) is 0 Å². The molecule has 214 valence electrons. The fourth-order valence-corrected chi connectivity index (χ4v) is 6.89. The summed E-state index contributed by atoms with van der Waals surface area (Å²) in [6.07, 6.45) is 0. The minimum Gasteiger partial charge on any atom is -0.455 e. The predicted molar refractivity (Wildman–Crippen MR) is 194 cm³/mol. The fraction of sp³-hybridized carbons (Fsp3) is 0.0455. The summed E-state index contributed by atoms with van der Waals surface area (Å²) in [7, 11) is 0. The van der Waals surface area contributed by atoms with Crippen molar-refractivity contribution < 1.29 is 4.42 Å². The Labute approximate surface area is 263 Å². The van der Waals surface area contributed by atoms with Gasteiger partial charge in [-0.2, -0.15) is 0 Å². The van der Waals surface area contributed by atoms with E-state index in [0.29, 0.717) is 0 Å². The second-order valence-electron chi connectivity index (χ2n) is 11.3. The Morgan fingerprint density at radius 3 is 1.51 bits per heavy atom. The molecular formula is C44H32O. The van der Waals surface area contributed by atoms with Gasteiger partial charge in [-0.15, -0.1) is 0 Å². The first-order valence-corrected chi connectivity index (χ1v) is 15.8. The van der Waals surface area contributed by atoms with Crippen LogP contribution < -0.4 is 0 Å². The van der Waals surface area contributed by atoms with E-state index in [2.05, 4.69) is 146 Å². The lowest BCUT2D eigenvalue weighted by atomic mass is 9.85. The van der Waals surface area contributed by atoms with Crippen molar-refractivity contribution in [2.75, 3.05) is 0 Å². The van der Waals surface area contributed by atoms with Crippen LogP contribution in [0.5, 0.6) is 0 Å². The zero-order valence-electron chi connectivity index (χ0n) is 25.4. The van der Waals surface area contributed by atoms with Gasteiger partial charge >= 0.3 is 0 Å². The second kappa shape index (κ2) is 11.1. The molecule has 0 radical (unpaired) electrons. The molecule has 1 aromatic heterocycles. The maximum absolute atomic E-state index is 6.35. The van der Waals surface area contributed by atoms with Crippen LogP contribution in [-0.2, 0) is 0 Å². The third-order valence-electron chi connectivity index (χ3n) is 8.86. The number of para-hydroxylation sites is 2. The third kappa shape index (κ3) is 4.39. The van der Waals surface area contributed by atoms with Crippen molar-refractivity contribution in [1.82, 2.24) is 0 Å². The molecule has 0 fully saturated rings. The summed E-state index contributed by atoms with van der Waals surface area (Å²) >= 11 is 0. The van der Waals surface area contributed by atoms with Gasteiger partial charge in [-0.05, 0) is 72.3 Å². The lowest BCUT2D eigenvalue weighted by Gasteiger charge is -2.18. The van der Waals surface area contributed by atoms with Crippen molar-refractivity contribution in [3.05, 3.63) is 158 Å². The number of rotatable bonds is 3. The summed E-state index contributed by atoms with van der Waals surface area (Å²) in [6, 6.07) is 56.8. The first-order valence-electron chi connectivity index (χ1n) is 15.8. The summed E-state index contributed by atoms with van der Waals surface area (Å²) in [5.41, 5.74) is 9.12. The van der Waals surface area contributed by atoms with Gasteiger partial charge in [0, 0.05) is 16.3 Å². The van der Waals surface area contributed by atoms with E-state index in [-0.39, 0.29) is 0 Å². The minimum atomic E-state index is 0.922. The van der Waals surface area contributed by atoms with Crippen LogP contribution in [0.1, 0.15) is 13.8 Å². The van der Waals surface area contributed by atoms with E-state index < -0.39 is 0 Å². The van der Waals surface area contributed by atoms with Crippen molar-refractivity contribution in [2.24, 2.45) is 0 Å². The van der Waals surface area contributed by atoms with Crippen LogP contribution in [0.25, 0.3) is 87.6 Å². The molecule has 0 aliphatic heterocycles. The molecule has 1 nitrogen and oxygen atoms in total. The van der Waals surface area contributed by atoms with E-state index >= 15 is 0 Å². The lowest BCUT2D eigenvalue weighted by molar-refractivity contribution is 0.670. The Morgan fingerprint density at radius 2 is 0.844 bits per heavy atom. The van der Waals surface area contributed by atoms with Crippen LogP contribution in [0.4, 0.5) is 0 Å². The summed E-state index contributed by atoms with van der Waals surface area (Å²) in [6.45, 7) is 4.00. The number of benzene rings is 8. The molecule has 0 aliphatic carbocycles. The molecule has 0 spiro atoms. The zero-order valence-corrected chi connectivity index (χ0v) is 25.4. The average molecular weight is 577 g/mol. The molecule has 9 rings (SSSR count). The molecular weight excluding hydrogens is 544 g/mol. The average Bonchev–Trinajstić information content (AvgIpc) is 3.50. The maximum atomic E-state index is 6.35. The predicted octanol–water partition coefficient (Wildman–Crippen LogP) is 13.1. The molecule has 0 aliphatic rings. The fourth-order valence-electron chi connectivity index (χ4n) is 6.89. The molecule has 0 N–H and O–H groups in total. The summed E-state index contributed by atoms with van der Waals surface area (Å²) in [4.78, 5) is 0. The van der Waals surface area contributed by atoms with Crippen molar-refractivity contribution in [2.45, 2.75) is 13.8 Å². The Morgan fingerprint density at radius 1 is 0.356 bits per heavy atom. The zero-order chi connectivity index (χ0) is 30.3. The Hall–Kier alpha value is -5.66. The highest BCUT2D eigenvalue weighted by Crippen LogP contribution is 2.44. The van der Waals surface area contributed by atoms with Crippen LogP contribution in [-0.4, -0.2) is 0 Å². The molecule has 0 atom stereocenters. The van der Waals surface area contributed by atoms with Gasteiger partial charge in [-0.25, -0.2) is 0 Å². The van der Waals surface area contributed by atoms with Crippen LogP contribution in [0.2, 0.25) is 0 Å². The number of furan rings is 1. The lowest BCUT2D eigenvalue weighted by Crippen LogP contribution is -1.91. The highest BCUT2D eigenvalue weighted by molar-refractivity contribution is 6.21. The molecule has 9 aromatic rings. The van der Waals surface area contributed by atoms with Gasteiger partial charge in [-0.1, -0.05) is 159 Å². The van der Waals surface area contributed by atoms with E-state index in [9.17, 15) is 0 Å². The summed E-state index contributed by atoms with van der Waals surface area (Å²) < 4.78 is 6.35. The Balaban J connectivity index is 0.00000147. The van der Waals surface area contributed by atoms with Gasteiger partial charge < -0.3 is 4.42 Å². The SMILES string of the molecule is CC.c1ccc2cc(-c3c4ccccc4c(-c4ccc(-c5cccc6c5oc5ccccc56)cc4)c4ccccc34)ccc2c1. The quantitative estimate of drug-likeness (QED) is 0.191. The molecule has 0 unspecified atom stereocenters. The highest BCUT2D eigenvalue weighted by Gasteiger charge is 2.17. The summed E-state index contributed by atoms with van der Waals surface area (Å²) in [5, 5.41) is 9.87. The van der Waals surface area contributed by atoms with Crippen LogP contribution in [0, 0.1) is 0 Å². The van der Waals surface area contributed by atoms with Crippen molar-refractivity contribution in [3.8, 4) is 33.4 Å². The molecule has 0 saturated carbocycles. The van der Waals surface area contributed by atoms with E-state index in [1.165, 1.54) is 54.6 Å². The van der Waals surface area contributed by atoms with E-state index in [0.717, 1.165) is 33.1 Å². The molecule has 1 heterocycles. The number of hydrogen-bond donors (Lipinski definition) is 0. The maximum Gasteiger partial charge on any atom is 0.143 e. The molecule has 0 saturated heterocycles. The molecule has 1 heteroatoms. The first-order chi connectivity index (χ1) is 22.3. The van der Waals surface area contributed by atoms with Gasteiger partial charge in [-0.3, -0.25) is 0 Å². The minimum absolute atomic E-state index is 0.922. The van der Waals surface area contributed by atoms with Crippen molar-refractivity contribution in [1.29, 1.82) is 0 Å². The molecule has 0 amide bonds. The Bertz CT molecular complexity index is 2440. The standard InChI is InChI=1S/C42H26O.C2H6/c1-2-11-30-26-31(25-20-27(30)10-1)41-36-15-5-3-13-34(36)40(35-14-4-6-16-37(35)41)29-23-21-28(22-24-29)32-17-9-18-38-33-12-7-8-19-39(33)43-42(32)38;1-2/h1-26H;1-2H3. The van der Waals surface area contributed by atoms with Crippen molar-refractivity contribution in [3.63, 3.8) is 0 Å². The third-order valence-corrected chi connectivity index (χ3v) is 8.86. The summed E-state index contributed by atoms with van der Waals surface area (Å²) in [5.74, 6) is 0. The second-order valence-corrected chi connectivity index (χ2v) is 11.3. The van der Waals surface area contributed by atoms with Crippen LogP contribution in [0.15, 0.2) is 162 Å². The van der Waals surface area contributed by atoms with E-state index in [4.69, 9.17) is 4.42 Å². The van der Waals surface area contributed by atoms with Gasteiger partial charge in [0.2, 0.25) is 0 Å². The van der Waals surface area contributed by atoms with Crippen LogP contribution >= 0.6 is 0 Å². The van der Waals surface area contributed by atoms with Gasteiger partial charge in [0.25, 0.3) is 0 Å². The van der Waals surface area contributed by atoms with Crippen molar-refractivity contribution >= 4 is 54.3 Å². The monoisotopic (exact) mass is 576 g/mol. The smallest absolute Gasteiger partial charge is 0.143 e. The first kappa shape index (κ1) is 26.9. The normalized spacial score (nSPS) is 11.3. The number of hydrogen-bond acceptors (Lipinski definition) is 1. The van der Waals surface area contributed by atoms with E-state index in [1.54, 1.807) is 0 Å². The van der Waals surface area contributed by atoms with Gasteiger partial charge in [0.1, 0.15) is 11.2 Å². The molecule has 0 bridgehead atoms. The van der Waals surface area contributed by atoms with Gasteiger partial charge in [0.15, 0.2) is 0 Å². The van der Waals surface area contributed by atoms with Crippen LogP contribution in [0.3, 0.4) is 0 Å². The molecule has 8 aromatic carbocycles. The largest absolute Gasteiger partial charge is 0.455 e. The highest BCUT2D eigenvalue weighted by atomic mass is 16.3. The molecule has 45 heavy (non-hydrogen) atoms. The Kier molecular flexibility index (Phi) is 6.65. The topological polar surface area (TPSA) is 13.1 Å². The van der Waals surface area contributed by atoms with E-state index in [1.807, 2.05) is 26.0 Å². The number of fused-ring (bicyclic) bond motifs is 6.